The van der Waals surface area contributed by atoms with Gasteiger partial charge < -0.3 is 10.5 Å². The number of hydrogen-bond acceptors (Lipinski definition) is 4. The first-order valence-electron chi connectivity index (χ1n) is 6.28. The van der Waals surface area contributed by atoms with Crippen LogP contribution < -0.4 is 10.8 Å². The van der Waals surface area contributed by atoms with E-state index in [0.717, 1.165) is 5.56 Å². The molecule has 2 aromatic carbocycles. The number of benzene rings is 2. The Bertz CT molecular complexity index is 667. The van der Waals surface area contributed by atoms with Crippen molar-refractivity contribution in [3.63, 3.8) is 0 Å². The number of rotatable bonds is 5. The first-order chi connectivity index (χ1) is 10.2. The Morgan fingerprint density at radius 3 is 2.52 bits per heavy atom. The fourth-order valence-electron chi connectivity index (χ4n) is 1.78. The minimum Gasteiger partial charge on any atom is -0.351 e. The van der Waals surface area contributed by atoms with Crippen molar-refractivity contribution in [2.45, 2.75) is 5.66 Å². The topological polar surface area (TPSA) is 68.1 Å². The molecule has 0 bridgehead atoms. The lowest BCUT2D eigenvalue weighted by Gasteiger charge is -2.23. The van der Waals surface area contributed by atoms with E-state index in [9.17, 15) is 10.5 Å². The summed E-state index contributed by atoms with van der Waals surface area (Å²) in [6.45, 7) is 0. The molecule has 5 heteroatoms. The van der Waals surface area contributed by atoms with Gasteiger partial charge in [0.2, 0.25) is 5.66 Å². The highest BCUT2D eigenvalue weighted by molar-refractivity contribution is 6.30. The van der Waals surface area contributed by atoms with Crippen molar-refractivity contribution in [1.29, 1.82) is 5.26 Å². The van der Waals surface area contributed by atoms with Gasteiger partial charge in [0.05, 0.1) is 0 Å². The lowest BCUT2D eigenvalue weighted by atomic mass is 10.1. The molecule has 0 aromatic heterocycles. The van der Waals surface area contributed by atoms with Gasteiger partial charge in [-0.05, 0) is 29.8 Å². The molecule has 0 aliphatic carbocycles. The van der Waals surface area contributed by atoms with Crippen molar-refractivity contribution < 1.29 is 5.21 Å². The fraction of sp³-hybridized carbons (Fsp3) is 0.0625. The lowest BCUT2D eigenvalue weighted by Crippen LogP contribution is -2.47. The number of nitriles is 1. The molecule has 0 spiro atoms. The minimum atomic E-state index is -1.44. The van der Waals surface area contributed by atoms with Gasteiger partial charge in [-0.15, -0.1) is 0 Å². The monoisotopic (exact) mass is 299 g/mol. The molecule has 0 amide bonds. The number of hydrogen-bond donors (Lipinski definition) is 3. The number of halogens is 1. The molecule has 0 saturated carbocycles. The molecule has 21 heavy (non-hydrogen) atoms. The molecule has 4 nitrogen and oxygen atoms in total. The predicted octanol–water partition coefficient (Wildman–Crippen LogP) is 3.66. The molecular formula is C16H14ClN3O. The van der Waals surface area contributed by atoms with E-state index in [1.54, 1.807) is 36.4 Å². The summed E-state index contributed by atoms with van der Waals surface area (Å²) < 4.78 is 0. The van der Waals surface area contributed by atoms with Crippen molar-refractivity contribution in [3.05, 3.63) is 71.3 Å². The second kappa shape index (κ2) is 6.91. The highest BCUT2D eigenvalue weighted by Gasteiger charge is 2.25. The van der Waals surface area contributed by atoms with E-state index in [-0.39, 0.29) is 0 Å². The maximum atomic E-state index is 9.37. The molecule has 0 unspecified atom stereocenters. The van der Waals surface area contributed by atoms with Gasteiger partial charge in [0.25, 0.3) is 0 Å². The van der Waals surface area contributed by atoms with Crippen molar-refractivity contribution in [2.24, 2.45) is 0 Å². The van der Waals surface area contributed by atoms with Gasteiger partial charge in [0.1, 0.15) is 6.07 Å². The van der Waals surface area contributed by atoms with Gasteiger partial charge in [-0.25, -0.2) is 0 Å². The number of hydroxylamine groups is 1. The van der Waals surface area contributed by atoms with Crippen LogP contribution in [0.3, 0.4) is 0 Å². The van der Waals surface area contributed by atoms with Crippen molar-refractivity contribution >= 4 is 23.4 Å². The van der Waals surface area contributed by atoms with E-state index in [1.165, 1.54) is 0 Å². The molecule has 0 heterocycles. The van der Waals surface area contributed by atoms with E-state index in [0.29, 0.717) is 10.7 Å². The summed E-state index contributed by atoms with van der Waals surface area (Å²) in [5.74, 6) is 0. The summed E-state index contributed by atoms with van der Waals surface area (Å²) in [6.07, 6.45) is 3.28. The maximum Gasteiger partial charge on any atom is 0.219 e. The minimum absolute atomic E-state index is 0.539. The van der Waals surface area contributed by atoms with Crippen LogP contribution >= 0.6 is 11.6 Å². The average Bonchev–Trinajstić information content (AvgIpc) is 2.53. The Kier molecular flexibility index (Phi) is 4.96. The smallest absolute Gasteiger partial charge is 0.219 e. The van der Waals surface area contributed by atoms with Crippen LogP contribution in [0.4, 0.5) is 5.69 Å². The van der Waals surface area contributed by atoms with Gasteiger partial charge in [-0.1, -0.05) is 54.1 Å². The molecule has 0 radical (unpaired) electrons. The van der Waals surface area contributed by atoms with Crippen LogP contribution in [0.1, 0.15) is 5.56 Å². The fourth-order valence-corrected chi connectivity index (χ4v) is 1.97. The SMILES string of the molecule is N#C[C@](/C=C/c1ccccc1)(NO)Nc1cccc(Cl)c1. The first-order valence-corrected chi connectivity index (χ1v) is 6.66. The van der Waals surface area contributed by atoms with E-state index in [4.69, 9.17) is 11.6 Å². The zero-order chi connectivity index (χ0) is 15.1. The Labute approximate surface area is 128 Å². The number of anilines is 1. The molecule has 0 fully saturated rings. The van der Waals surface area contributed by atoms with Crippen LogP contribution in [0.15, 0.2) is 60.7 Å². The van der Waals surface area contributed by atoms with Crippen LogP contribution in [0.2, 0.25) is 5.02 Å². The van der Waals surface area contributed by atoms with E-state index < -0.39 is 5.66 Å². The van der Waals surface area contributed by atoms with Gasteiger partial charge in [-0.3, -0.25) is 0 Å². The Morgan fingerprint density at radius 2 is 1.90 bits per heavy atom. The molecule has 3 N–H and O–H groups in total. The van der Waals surface area contributed by atoms with Crippen LogP contribution in [-0.4, -0.2) is 10.9 Å². The van der Waals surface area contributed by atoms with Gasteiger partial charge in [-0.2, -0.15) is 10.7 Å². The van der Waals surface area contributed by atoms with Gasteiger partial charge in [0.15, 0.2) is 0 Å². The molecule has 1 atom stereocenters. The van der Waals surface area contributed by atoms with Crippen molar-refractivity contribution in [2.75, 3.05) is 5.32 Å². The normalized spacial score (nSPS) is 13.6. The largest absolute Gasteiger partial charge is 0.351 e. The van der Waals surface area contributed by atoms with E-state index >= 15 is 0 Å². The van der Waals surface area contributed by atoms with Crippen LogP contribution in [-0.2, 0) is 0 Å². The van der Waals surface area contributed by atoms with Gasteiger partial charge >= 0.3 is 0 Å². The third kappa shape index (κ3) is 4.07. The Balaban J connectivity index is 2.24. The molecule has 0 aliphatic heterocycles. The van der Waals surface area contributed by atoms with Crippen LogP contribution in [0, 0.1) is 11.3 Å². The lowest BCUT2D eigenvalue weighted by molar-refractivity contribution is 0.127. The highest BCUT2D eigenvalue weighted by Crippen LogP contribution is 2.19. The summed E-state index contributed by atoms with van der Waals surface area (Å²) in [5, 5.41) is 22.2. The van der Waals surface area contributed by atoms with E-state index in [2.05, 4.69) is 5.32 Å². The highest BCUT2D eigenvalue weighted by atomic mass is 35.5. The Hall–Kier alpha value is -2.32. The molecule has 2 rings (SSSR count). The molecule has 2 aromatic rings. The van der Waals surface area contributed by atoms with Crippen LogP contribution in [0.5, 0.6) is 0 Å². The maximum absolute atomic E-state index is 9.37. The van der Waals surface area contributed by atoms with Crippen LogP contribution in [0.25, 0.3) is 6.08 Å². The molecule has 106 valence electrons. The standard InChI is InChI=1S/C16H14ClN3O/c17-14-7-4-8-15(11-14)19-16(12-18,20-21)10-9-13-5-2-1-3-6-13/h1-11,19-21H/b10-9+/t16-/m0/s1. The quantitative estimate of drug-likeness (QED) is 0.582. The third-order valence-electron chi connectivity index (χ3n) is 2.84. The van der Waals surface area contributed by atoms with Crippen molar-refractivity contribution in [1.82, 2.24) is 5.48 Å². The summed E-state index contributed by atoms with van der Waals surface area (Å²) >= 11 is 5.91. The number of nitrogens with one attached hydrogen (secondary N) is 2. The molecule has 0 saturated heterocycles. The zero-order valence-electron chi connectivity index (χ0n) is 11.1. The zero-order valence-corrected chi connectivity index (χ0v) is 11.9. The molecule has 0 aliphatic rings. The Morgan fingerprint density at radius 1 is 1.14 bits per heavy atom. The summed E-state index contributed by atoms with van der Waals surface area (Å²) in [4.78, 5) is 0. The number of nitrogens with zero attached hydrogens (tertiary/aromatic N) is 1. The summed E-state index contributed by atoms with van der Waals surface area (Å²) in [5.41, 5.74) is 2.09. The summed E-state index contributed by atoms with van der Waals surface area (Å²) in [7, 11) is 0. The predicted molar refractivity (Wildman–Crippen MR) is 83.8 cm³/mol. The first kappa shape index (κ1) is 15.1. The third-order valence-corrected chi connectivity index (χ3v) is 3.08. The van der Waals surface area contributed by atoms with Crippen molar-refractivity contribution in [3.8, 4) is 6.07 Å². The second-order valence-corrected chi connectivity index (χ2v) is 4.85. The molecular weight excluding hydrogens is 286 g/mol. The second-order valence-electron chi connectivity index (χ2n) is 4.41. The van der Waals surface area contributed by atoms with Gasteiger partial charge in [0, 0.05) is 10.7 Å². The summed E-state index contributed by atoms with van der Waals surface area (Å²) in [6, 6.07) is 18.4. The average molecular weight is 300 g/mol. The van der Waals surface area contributed by atoms with E-state index in [1.807, 2.05) is 41.9 Å².